The summed E-state index contributed by atoms with van der Waals surface area (Å²) in [5.41, 5.74) is 3.98. The molecule has 4 rings (SSSR count). The zero-order valence-electron chi connectivity index (χ0n) is 15.9. The van der Waals surface area contributed by atoms with E-state index in [2.05, 4.69) is 37.0 Å². The van der Waals surface area contributed by atoms with Gasteiger partial charge in [0.25, 0.3) is 5.91 Å². The van der Waals surface area contributed by atoms with E-state index in [0.29, 0.717) is 0 Å². The van der Waals surface area contributed by atoms with E-state index in [1.165, 1.54) is 26.6 Å². The van der Waals surface area contributed by atoms with Gasteiger partial charge in [-0.3, -0.25) is 4.79 Å². The van der Waals surface area contributed by atoms with Crippen LogP contribution < -0.4 is 9.64 Å². The summed E-state index contributed by atoms with van der Waals surface area (Å²) >= 11 is 3.49. The third kappa shape index (κ3) is 3.60. The van der Waals surface area contributed by atoms with Crippen LogP contribution in [0.4, 0.5) is 5.69 Å². The predicted molar refractivity (Wildman–Crippen MR) is 115 cm³/mol. The predicted octanol–water partition coefficient (Wildman–Crippen LogP) is 4.31. The van der Waals surface area contributed by atoms with Crippen LogP contribution in [0.1, 0.15) is 20.9 Å². The lowest BCUT2D eigenvalue weighted by Gasteiger charge is -2.36. The number of carbonyl (C=O) groups is 1. The minimum Gasteiger partial charge on any atom is -0.497 e. The first-order valence-corrected chi connectivity index (χ1v) is 11.0. The Bertz CT molecular complexity index is 878. The highest BCUT2D eigenvalue weighted by atomic mass is 32.2. The van der Waals surface area contributed by atoms with E-state index in [-0.39, 0.29) is 5.91 Å². The fraction of sp³-hybridized carbons (Fsp3) is 0.381. The molecule has 0 aliphatic carbocycles. The Morgan fingerprint density at radius 1 is 1.07 bits per heavy atom. The van der Waals surface area contributed by atoms with Crippen molar-refractivity contribution in [3.63, 3.8) is 0 Å². The molecule has 0 atom stereocenters. The third-order valence-electron chi connectivity index (χ3n) is 5.39. The number of hydrogen-bond donors (Lipinski definition) is 0. The maximum absolute atomic E-state index is 13.0. The van der Waals surface area contributed by atoms with Gasteiger partial charge in [-0.2, -0.15) is 0 Å². The molecule has 2 aromatic rings. The maximum Gasteiger partial charge on any atom is 0.260 e. The number of anilines is 1. The first-order valence-electron chi connectivity index (χ1n) is 9.18. The first kappa shape index (κ1) is 18.4. The summed E-state index contributed by atoms with van der Waals surface area (Å²) in [6.07, 6.45) is 2.10. The minimum absolute atomic E-state index is 0.184. The van der Waals surface area contributed by atoms with Crippen LogP contribution in [0.2, 0.25) is 0 Å². The number of fused-ring (bicyclic) bond motifs is 1. The van der Waals surface area contributed by atoms with Crippen molar-refractivity contribution in [2.75, 3.05) is 38.2 Å². The average Bonchev–Trinajstić information content (AvgIpc) is 3.01. The molecule has 0 radical (unpaired) electrons. The standard InChI is InChI=1S/C21H24N2O2S2/c1-14-15(2)27-19-12-20(26-13-18(14)19)21(24)23-10-8-22(9-11-23)16-4-6-17(25-3)7-5-16/h4-7,12H,8-11,13H2,1-3H3. The SMILES string of the molecule is COc1ccc(N2CCN(C(=O)C3=Cc4sc(C)c(C)c4CS3)CC2)cc1. The molecule has 1 aromatic heterocycles. The Hall–Kier alpha value is -1.92. The van der Waals surface area contributed by atoms with E-state index in [1.807, 2.05) is 17.0 Å². The van der Waals surface area contributed by atoms with Crippen molar-refractivity contribution in [2.24, 2.45) is 0 Å². The number of hydrogen-bond acceptors (Lipinski definition) is 5. The fourth-order valence-corrected chi connectivity index (χ4v) is 5.97. The molecule has 1 saturated heterocycles. The molecule has 2 aliphatic heterocycles. The summed E-state index contributed by atoms with van der Waals surface area (Å²) in [7, 11) is 1.68. The second-order valence-corrected chi connectivity index (χ2v) is 9.17. The van der Waals surface area contributed by atoms with Crippen LogP contribution in [0.3, 0.4) is 0 Å². The lowest BCUT2D eigenvalue weighted by molar-refractivity contribution is -0.126. The van der Waals surface area contributed by atoms with Crippen LogP contribution in [-0.2, 0) is 10.5 Å². The number of rotatable bonds is 3. The van der Waals surface area contributed by atoms with Gasteiger partial charge in [-0.1, -0.05) is 0 Å². The van der Waals surface area contributed by atoms with Gasteiger partial charge in [0.2, 0.25) is 0 Å². The molecular formula is C21H24N2O2S2. The van der Waals surface area contributed by atoms with E-state index in [0.717, 1.165) is 42.6 Å². The Morgan fingerprint density at radius 3 is 2.44 bits per heavy atom. The highest BCUT2D eigenvalue weighted by Gasteiger charge is 2.27. The van der Waals surface area contributed by atoms with E-state index >= 15 is 0 Å². The van der Waals surface area contributed by atoms with Crippen LogP contribution in [0.25, 0.3) is 6.08 Å². The molecule has 2 aliphatic rings. The molecule has 3 heterocycles. The topological polar surface area (TPSA) is 32.8 Å². The number of aryl methyl sites for hydroxylation is 1. The normalized spacial score (nSPS) is 16.8. The number of carbonyl (C=O) groups excluding carboxylic acids is 1. The van der Waals surface area contributed by atoms with E-state index in [9.17, 15) is 4.79 Å². The summed E-state index contributed by atoms with van der Waals surface area (Å²) in [5, 5.41) is 0. The molecule has 6 heteroatoms. The minimum atomic E-state index is 0.184. The Labute approximate surface area is 168 Å². The number of methoxy groups -OCH3 is 1. The van der Waals surface area contributed by atoms with Gasteiger partial charge >= 0.3 is 0 Å². The van der Waals surface area contributed by atoms with Crippen LogP contribution in [0.15, 0.2) is 29.2 Å². The van der Waals surface area contributed by atoms with Gasteiger partial charge < -0.3 is 14.5 Å². The third-order valence-corrected chi connectivity index (χ3v) is 7.62. The summed E-state index contributed by atoms with van der Waals surface area (Å²) in [6.45, 7) is 7.59. The largest absolute Gasteiger partial charge is 0.497 e. The van der Waals surface area contributed by atoms with Gasteiger partial charge in [0.1, 0.15) is 5.75 Å². The lowest BCUT2D eigenvalue weighted by Crippen LogP contribution is -2.49. The van der Waals surface area contributed by atoms with Crippen LogP contribution >= 0.6 is 23.1 Å². The van der Waals surface area contributed by atoms with Crippen molar-refractivity contribution in [3.8, 4) is 5.75 Å². The Balaban J connectivity index is 1.41. The van der Waals surface area contributed by atoms with Gasteiger partial charge in [-0.05, 0) is 55.3 Å². The molecule has 1 fully saturated rings. The molecule has 0 N–H and O–H groups in total. The van der Waals surface area contributed by atoms with Crippen molar-refractivity contribution >= 4 is 40.8 Å². The molecule has 0 saturated carbocycles. The molecule has 0 bridgehead atoms. The van der Waals surface area contributed by atoms with Crippen molar-refractivity contribution in [2.45, 2.75) is 19.6 Å². The molecule has 142 valence electrons. The van der Waals surface area contributed by atoms with E-state index in [1.54, 1.807) is 30.2 Å². The summed E-state index contributed by atoms with van der Waals surface area (Å²) in [4.78, 5) is 20.8. The second-order valence-electron chi connectivity index (χ2n) is 6.90. The number of benzene rings is 1. The van der Waals surface area contributed by atoms with Crippen molar-refractivity contribution in [1.29, 1.82) is 0 Å². The van der Waals surface area contributed by atoms with Gasteiger partial charge in [0.15, 0.2) is 0 Å². The first-order chi connectivity index (χ1) is 13.1. The smallest absolute Gasteiger partial charge is 0.260 e. The molecule has 27 heavy (non-hydrogen) atoms. The summed E-state index contributed by atoms with van der Waals surface area (Å²) in [6, 6.07) is 8.13. The maximum atomic E-state index is 13.0. The van der Waals surface area contributed by atoms with Gasteiger partial charge in [0, 0.05) is 47.4 Å². The zero-order chi connectivity index (χ0) is 19.0. The number of nitrogens with zero attached hydrogens (tertiary/aromatic N) is 2. The molecule has 1 aromatic carbocycles. The van der Waals surface area contributed by atoms with Crippen molar-refractivity contribution < 1.29 is 9.53 Å². The zero-order valence-corrected chi connectivity index (χ0v) is 17.6. The van der Waals surface area contributed by atoms with Crippen LogP contribution in [-0.4, -0.2) is 44.1 Å². The van der Waals surface area contributed by atoms with Gasteiger partial charge in [0.05, 0.1) is 12.0 Å². The van der Waals surface area contributed by atoms with E-state index < -0.39 is 0 Å². The molecule has 4 nitrogen and oxygen atoms in total. The van der Waals surface area contributed by atoms with Crippen molar-refractivity contribution in [1.82, 2.24) is 4.90 Å². The number of ether oxygens (including phenoxy) is 1. The molecular weight excluding hydrogens is 376 g/mol. The number of thiophene rings is 1. The monoisotopic (exact) mass is 400 g/mol. The number of piperazine rings is 1. The quantitative estimate of drug-likeness (QED) is 0.769. The summed E-state index contributed by atoms with van der Waals surface area (Å²) in [5.74, 6) is 1.96. The molecule has 1 amide bonds. The van der Waals surface area contributed by atoms with Gasteiger partial charge in [-0.15, -0.1) is 23.1 Å². The highest BCUT2D eigenvalue weighted by molar-refractivity contribution is 8.03. The number of thioether (sulfide) groups is 1. The second kappa shape index (κ2) is 7.60. The van der Waals surface area contributed by atoms with Crippen LogP contribution in [0.5, 0.6) is 5.75 Å². The Morgan fingerprint density at radius 2 is 1.78 bits per heavy atom. The van der Waals surface area contributed by atoms with Crippen LogP contribution in [0, 0.1) is 13.8 Å². The Kier molecular flexibility index (Phi) is 5.19. The molecule has 0 spiro atoms. The highest BCUT2D eigenvalue weighted by Crippen LogP contribution is 2.40. The van der Waals surface area contributed by atoms with Gasteiger partial charge in [-0.25, -0.2) is 0 Å². The fourth-order valence-electron chi connectivity index (χ4n) is 3.55. The summed E-state index contributed by atoms with van der Waals surface area (Å²) < 4.78 is 5.23. The molecule has 0 unspecified atom stereocenters. The average molecular weight is 401 g/mol. The van der Waals surface area contributed by atoms with E-state index in [4.69, 9.17) is 4.74 Å². The number of amides is 1. The lowest BCUT2D eigenvalue weighted by atomic mass is 10.1. The van der Waals surface area contributed by atoms with Crippen molar-refractivity contribution in [3.05, 3.63) is 50.1 Å².